The predicted octanol–water partition coefficient (Wildman–Crippen LogP) is 2.82. The molecule has 6 rings (SSSR count). The first-order valence-corrected chi connectivity index (χ1v) is 18.2. The van der Waals surface area contributed by atoms with Crippen LogP contribution in [0.4, 0.5) is 5.82 Å². The average molecular weight is 709 g/mol. The lowest BCUT2D eigenvalue weighted by Gasteiger charge is -2.27. The molecule has 2 aromatic carbocycles. The van der Waals surface area contributed by atoms with Gasteiger partial charge >= 0.3 is 5.69 Å². The molecule has 1 aliphatic carbocycles. The predicted molar refractivity (Wildman–Crippen MR) is 185 cm³/mol. The van der Waals surface area contributed by atoms with Crippen LogP contribution >= 0.6 is 0 Å². The molecule has 15 nitrogen and oxygen atoms in total. The number of aromatic nitrogens is 5. The van der Waals surface area contributed by atoms with Crippen LogP contribution in [0.15, 0.2) is 70.5 Å². The molecule has 0 radical (unpaired) electrons. The third kappa shape index (κ3) is 9.97. The monoisotopic (exact) mass is 708 g/mol. The van der Waals surface area contributed by atoms with E-state index in [9.17, 15) is 23.1 Å². The summed E-state index contributed by atoms with van der Waals surface area (Å²) in [5.41, 5.74) is 12.9. The Bertz CT molecular complexity index is 1890. The number of fused-ring (bicyclic) bond motifs is 1. The zero-order chi connectivity index (χ0) is 35.7. The van der Waals surface area contributed by atoms with Crippen molar-refractivity contribution >= 4 is 21.8 Å². The molecule has 0 saturated heterocycles. The number of aliphatic hydroxyl groups excluding tert-OH is 1. The van der Waals surface area contributed by atoms with Gasteiger partial charge in [0, 0.05) is 37.0 Å². The van der Waals surface area contributed by atoms with E-state index in [0.29, 0.717) is 60.9 Å². The van der Waals surface area contributed by atoms with E-state index in [1.807, 2.05) is 0 Å². The minimum absolute atomic E-state index is 0.0872. The van der Waals surface area contributed by atoms with Crippen molar-refractivity contribution in [2.24, 2.45) is 11.7 Å². The zero-order valence-electron chi connectivity index (χ0n) is 27.7. The summed E-state index contributed by atoms with van der Waals surface area (Å²) in [5.74, 6) is 1.31. The zero-order valence-corrected chi connectivity index (χ0v) is 28.5. The van der Waals surface area contributed by atoms with Gasteiger partial charge in [0.25, 0.3) is 10.1 Å². The topological polar surface area (TPSA) is 231 Å². The van der Waals surface area contributed by atoms with Crippen molar-refractivity contribution in [2.45, 2.75) is 81.4 Å². The lowest BCUT2D eigenvalue weighted by Crippen LogP contribution is -2.36. The Kier molecular flexibility index (Phi) is 12.3. The summed E-state index contributed by atoms with van der Waals surface area (Å²) in [6, 6.07) is 14.1. The van der Waals surface area contributed by atoms with Crippen molar-refractivity contribution in [3.05, 3.63) is 88.0 Å². The highest BCUT2D eigenvalue weighted by Crippen LogP contribution is 2.30. The number of ether oxygens (including phenoxy) is 1. The van der Waals surface area contributed by atoms with Gasteiger partial charge in [0.05, 0.1) is 16.7 Å². The van der Waals surface area contributed by atoms with Gasteiger partial charge in [-0.2, -0.15) is 17.8 Å². The van der Waals surface area contributed by atoms with E-state index in [0.717, 1.165) is 24.3 Å². The molecule has 0 bridgehead atoms. The lowest BCUT2D eigenvalue weighted by molar-refractivity contribution is 0.1000. The van der Waals surface area contributed by atoms with Gasteiger partial charge in [0.15, 0.2) is 0 Å². The van der Waals surface area contributed by atoms with E-state index in [-0.39, 0.29) is 16.7 Å². The fourth-order valence-corrected chi connectivity index (χ4v) is 6.72. The van der Waals surface area contributed by atoms with Crippen molar-refractivity contribution in [1.82, 2.24) is 30.1 Å². The number of nitrogen functional groups attached to an aromatic ring is 1. The van der Waals surface area contributed by atoms with E-state index in [2.05, 4.69) is 20.7 Å². The van der Waals surface area contributed by atoms with Gasteiger partial charge in [0.2, 0.25) is 5.91 Å². The van der Waals surface area contributed by atoms with E-state index >= 15 is 0 Å². The number of aryl methyl sites for hydroxylation is 2. The second-order valence-electron chi connectivity index (χ2n) is 12.7. The fraction of sp³-hybridized carbons (Fsp3) is 0.441. The van der Waals surface area contributed by atoms with Gasteiger partial charge in [-0.25, -0.2) is 9.78 Å². The van der Waals surface area contributed by atoms with Crippen LogP contribution in [0.25, 0.3) is 5.69 Å². The highest BCUT2D eigenvalue weighted by molar-refractivity contribution is 7.85. The number of hydrogen-bond donors (Lipinski definition) is 5. The summed E-state index contributed by atoms with van der Waals surface area (Å²) in [7, 11) is -4.21. The number of primary amides is 1. The van der Waals surface area contributed by atoms with Crippen molar-refractivity contribution in [3.63, 3.8) is 0 Å². The smallest absolute Gasteiger partial charge is 0.368 e. The number of aliphatic hydroxyl groups is 1. The number of nitrogens with zero attached hydrogens (tertiary/aromatic N) is 5. The van der Waals surface area contributed by atoms with Gasteiger partial charge < -0.3 is 26.6 Å². The molecule has 2 atom stereocenters. The Labute approximate surface area is 290 Å². The molecule has 4 aromatic rings. The normalized spacial score (nSPS) is 16.8. The van der Waals surface area contributed by atoms with E-state index in [4.69, 9.17) is 20.8 Å². The van der Waals surface area contributed by atoms with Crippen LogP contribution in [0.5, 0.6) is 5.75 Å². The van der Waals surface area contributed by atoms with E-state index < -0.39 is 22.1 Å². The summed E-state index contributed by atoms with van der Waals surface area (Å²) in [6.07, 6.45) is 10.9. The molecule has 7 N–H and O–H groups in total. The Balaban J connectivity index is 0.000000195. The Hall–Kier alpha value is -4.64. The maximum Gasteiger partial charge on any atom is 0.368 e. The van der Waals surface area contributed by atoms with Crippen LogP contribution in [0, 0.1) is 5.92 Å². The SMILES string of the molecule is NC(=O)c1ccc(-n2nnn(CCCC3CCCCC3)c2=O)cc1.Nc1ccc(C(O)CNCC2CCc3cc(S(=O)(=O)O)ccc3O2)cn1. The second kappa shape index (κ2) is 16.8. The molecule has 268 valence electrons. The van der Waals surface area contributed by atoms with Crippen LogP contribution in [0.3, 0.4) is 0 Å². The standard InChI is InChI=1S/C17H23N5O2.C17H21N3O5S/c18-16(23)14-8-10-15(11-9-14)22-17(24)21(19-20-22)12-4-7-13-5-2-1-3-6-13;18-17-6-2-12(8-20-17)15(21)10-19-9-13-3-1-11-7-14(26(22,23)24)4-5-16(11)25-13/h8-11,13H,1-7,12H2,(H2,18,23);2,4-8,13,15,19,21H,1,3,9-10H2,(H2,18,20)(H,22,23,24). The molecule has 50 heavy (non-hydrogen) atoms. The molecule has 1 aliphatic heterocycles. The molecule has 2 aromatic heterocycles. The quantitative estimate of drug-likeness (QED) is 0.134. The second-order valence-corrected chi connectivity index (χ2v) is 14.1. The first-order valence-electron chi connectivity index (χ1n) is 16.8. The molecule has 3 heterocycles. The summed E-state index contributed by atoms with van der Waals surface area (Å²) < 4.78 is 40.0. The number of carbonyl (C=O) groups is 1. The van der Waals surface area contributed by atoms with Crippen LogP contribution in [-0.4, -0.2) is 68.0 Å². The number of hydrogen-bond acceptors (Lipinski definition) is 11. The third-order valence-electron chi connectivity index (χ3n) is 9.01. The molecule has 1 fully saturated rings. The van der Waals surface area contributed by atoms with E-state index in [1.54, 1.807) is 48.7 Å². The highest BCUT2D eigenvalue weighted by atomic mass is 32.2. The number of tetrazole rings is 1. The number of nitrogens with one attached hydrogen (secondary N) is 1. The largest absolute Gasteiger partial charge is 0.489 e. The number of amides is 1. The number of anilines is 1. The average Bonchev–Trinajstić information content (AvgIpc) is 3.48. The fourth-order valence-electron chi connectivity index (χ4n) is 6.19. The van der Waals surface area contributed by atoms with Gasteiger partial charge in [-0.05, 0) is 96.1 Å². The molecule has 1 amide bonds. The molecular formula is C34H44N8O7S. The Morgan fingerprint density at radius 1 is 1.04 bits per heavy atom. The lowest BCUT2D eigenvalue weighted by atomic mass is 9.86. The first-order chi connectivity index (χ1) is 24.0. The molecule has 2 aliphatic rings. The molecule has 16 heteroatoms. The first kappa shape index (κ1) is 36.6. The summed E-state index contributed by atoms with van der Waals surface area (Å²) >= 11 is 0. The van der Waals surface area contributed by atoms with Crippen LogP contribution in [-0.2, 0) is 23.1 Å². The van der Waals surface area contributed by atoms with Crippen molar-refractivity contribution < 1.29 is 27.6 Å². The van der Waals surface area contributed by atoms with Gasteiger partial charge in [-0.1, -0.05) is 38.2 Å². The summed E-state index contributed by atoms with van der Waals surface area (Å²) in [4.78, 5) is 27.3. The third-order valence-corrected chi connectivity index (χ3v) is 9.86. The summed E-state index contributed by atoms with van der Waals surface area (Å²) in [5, 5.41) is 21.2. The Morgan fingerprint density at radius 2 is 1.80 bits per heavy atom. The molecule has 0 spiro atoms. The van der Waals surface area contributed by atoms with Crippen LogP contribution in [0.1, 0.15) is 79.0 Å². The maximum atomic E-state index is 12.4. The van der Waals surface area contributed by atoms with Gasteiger partial charge in [-0.3, -0.25) is 9.35 Å². The minimum atomic E-state index is -4.21. The Morgan fingerprint density at radius 3 is 2.48 bits per heavy atom. The number of rotatable bonds is 12. The molecular weight excluding hydrogens is 664 g/mol. The van der Waals surface area contributed by atoms with E-state index in [1.165, 1.54) is 53.6 Å². The number of pyridine rings is 1. The van der Waals surface area contributed by atoms with Crippen molar-refractivity contribution in [3.8, 4) is 11.4 Å². The van der Waals surface area contributed by atoms with Gasteiger partial charge in [-0.15, -0.1) is 0 Å². The summed E-state index contributed by atoms with van der Waals surface area (Å²) in [6.45, 7) is 1.48. The molecule has 2 unspecified atom stereocenters. The maximum absolute atomic E-state index is 12.4. The van der Waals surface area contributed by atoms with Crippen molar-refractivity contribution in [1.29, 1.82) is 0 Å². The van der Waals surface area contributed by atoms with Crippen molar-refractivity contribution in [2.75, 3.05) is 18.8 Å². The molecule has 1 saturated carbocycles. The number of nitrogens with two attached hydrogens (primary N) is 2. The number of carbonyl (C=O) groups excluding carboxylic acids is 1. The minimum Gasteiger partial charge on any atom is -0.489 e. The van der Waals surface area contributed by atoms with Crippen LogP contribution in [0.2, 0.25) is 0 Å². The highest BCUT2D eigenvalue weighted by Gasteiger charge is 2.22. The number of benzene rings is 2. The van der Waals surface area contributed by atoms with Gasteiger partial charge in [0.1, 0.15) is 17.7 Å². The van der Waals surface area contributed by atoms with Crippen LogP contribution < -0.4 is 27.2 Å².